The Morgan fingerprint density at radius 1 is 1.07 bits per heavy atom. The first-order valence-corrected chi connectivity index (χ1v) is 10.1. The van der Waals surface area contributed by atoms with Crippen molar-refractivity contribution in [3.63, 3.8) is 0 Å². The number of hydrogen-bond acceptors (Lipinski definition) is 7. The Balaban J connectivity index is 1.96. The van der Waals surface area contributed by atoms with Crippen molar-refractivity contribution in [3.8, 4) is 17.2 Å². The maximum absolute atomic E-state index is 12.9. The summed E-state index contributed by atoms with van der Waals surface area (Å²) in [4.78, 5) is 38.1. The largest absolute Gasteiger partial charge is 0.493 e. The summed E-state index contributed by atoms with van der Waals surface area (Å²) >= 11 is 1.25. The predicted octanol–water partition coefficient (Wildman–Crippen LogP) is 2.30. The highest BCUT2D eigenvalue weighted by Gasteiger charge is 2.18. The van der Waals surface area contributed by atoms with E-state index in [9.17, 15) is 14.4 Å². The Kier molecular flexibility index (Phi) is 6.46. The lowest BCUT2D eigenvalue weighted by molar-refractivity contribution is -0.116. The second-order valence-electron chi connectivity index (χ2n) is 6.42. The first-order valence-electron chi connectivity index (χ1n) is 9.25. The second-order valence-corrected chi connectivity index (χ2v) is 7.34. The van der Waals surface area contributed by atoms with E-state index in [4.69, 9.17) is 14.2 Å². The Morgan fingerprint density at radius 3 is 2.30 bits per heavy atom. The molecule has 2 aromatic heterocycles. The van der Waals surface area contributed by atoms with Crippen LogP contribution >= 0.6 is 11.3 Å². The van der Waals surface area contributed by atoms with Crippen LogP contribution in [0.3, 0.4) is 0 Å². The van der Waals surface area contributed by atoms with Crippen molar-refractivity contribution in [1.29, 1.82) is 0 Å². The van der Waals surface area contributed by atoms with Crippen LogP contribution < -0.4 is 30.8 Å². The summed E-state index contributed by atoms with van der Waals surface area (Å²) < 4.78 is 18.8. The van der Waals surface area contributed by atoms with Gasteiger partial charge in [-0.25, -0.2) is 4.79 Å². The van der Waals surface area contributed by atoms with E-state index in [2.05, 4.69) is 5.32 Å². The highest BCUT2D eigenvalue weighted by Crippen LogP contribution is 2.39. The van der Waals surface area contributed by atoms with Gasteiger partial charge >= 0.3 is 5.69 Å². The molecule has 0 atom stereocenters. The molecule has 160 valence electrons. The van der Waals surface area contributed by atoms with Gasteiger partial charge < -0.3 is 19.5 Å². The lowest BCUT2D eigenvalue weighted by Gasteiger charge is -2.15. The number of ether oxygens (including phenoxy) is 3. The van der Waals surface area contributed by atoms with Crippen molar-refractivity contribution in [2.24, 2.45) is 0 Å². The quantitative estimate of drug-likeness (QED) is 0.585. The molecule has 0 aliphatic rings. The minimum atomic E-state index is -0.507. The zero-order valence-corrected chi connectivity index (χ0v) is 18.0. The summed E-state index contributed by atoms with van der Waals surface area (Å²) in [5.41, 5.74) is 0.0364. The molecular formula is C20H23N3O6S. The summed E-state index contributed by atoms with van der Waals surface area (Å²) in [6, 6.07) is 4.87. The van der Waals surface area contributed by atoms with Crippen LogP contribution in [0.4, 0.5) is 5.69 Å². The fourth-order valence-electron chi connectivity index (χ4n) is 3.20. The van der Waals surface area contributed by atoms with Crippen LogP contribution in [0.1, 0.15) is 13.3 Å². The van der Waals surface area contributed by atoms with Gasteiger partial charge in [0.05, 0.1) is 26.8 Å². The molecule has 0 radical (unpaired) electrons. The lowest BCUT2D eigenvalue weighted by atomic mass is 10.2. The topological polar surface area (TPSA) is 101 Å². The van der Waals surface area contributed by atoms with Crippen LogP contribution in [-0.2, 0) is 17.9 Å². The Morgan fingerprint density at radius 2 is 1.73 bits per heavy atom. The molecule has 1 N–H and O–H groups in total. The van der Waals surface area contributed by atoms with Crippen LogP contribution in [0, 0.1) is 0 Å². The fraction of sp³-hybridized carbons (Fsp3) is 0.350. The number of fused-ring (bicyclic) bond motifs is 1. The molecule has 10 heteroatoms. The van der Waals surface area contributed by atoms with Gasteiger partial charge in [-0.05, 0) is 17.9 Å². The number of amides is 1. The van der Waals surface area contributed by atoms with Crippen LogP contribution in [0.25, 0.3) is 10.2 Å². The summed E-state index contributed by atoms with van der Waals surface area (Å²) in [5, 5.41) is 4.47. The number of carbonyl (C=O) groups excluding carboxylic acids is 1. The molecule has 0 aliphatic carbocycles. The second kappa shape index (κ2) is 9.04. The summed E-state index contributed by atoms with van der Waals surface area (Å²) in [7, 11) is 4.45. The average Bonchev–Trinajstić information content (AvgIpc) is 3.23. The Hall–Kier alpha value is -3.27. The number of anilines is 1. The molecule has 1 aromatic carbocycles. The third kappa shape index (κ3) is 3.90. The summed E-state index contributed by atoms with van der Waals surface area (Å²) in [5.74, 6) is 0.753. The van der Waals surface area contributed by atoms with Crippen LogP contribution in [0.5, 0.6) is 17.2 Å². The van der Waals surface area contributed by atoms with Crippen molar-refractivity contribution in [1.82, 2.24) is 9.13 Å². The Bertz CT molecular complexity index is 1170. The van der Waals surface area contributed by atoms with Crippen molar-refractivity contribution in [2.75, 3.05) is 26.6 Å². The summed E-state index contributed by atoms with van der Waals surface area (Å²) in [6.07, 6.45) is 0.629. The van der Waals surface area contributed by atoms with Gasteiger partial charge in [-0.2, -0.15) is 0 Å². The number of aromatic nitrogens is 2. The highest BCUT2D eigenvalue weighted by atomic mass is 32.1. The van der Waals surface area contributed by atoms with Gasteiger partial charge in [0.25, 0.3) is 5.56 Å². The van der Waals surface area contributed by atoms with Crippen molar-refractivity contribution >= 4 is 33.1 Å². The van der Waals surface area contributed by atoms with Crippen molar-refractivity contribution in [2.45, 2.75) is 26.4 Å². The lowest BCUT2D eigenvalue weighted by Crippen LogP contribution is -2.41. The molecule has 0 bridgehead atoms. The molecule has 0 fully saturated rings. The molecule has 3 rings (SSSR count). The van der Waals surface area contributed by atoms with E-state index in [1.165, 1.54) is 41.8 Å². The van der Waals surface area contributed by atoms with E-state index in [0.29, 0.717) is 46.1 Å². The van der Waals surface area contributed by atoms with E-state index in [1.54, 1.807) is 23.6 Å². The minimum absolute atomic E-state index is 0.243. The molecule has 0 unspecified atom stereocenters. The molecule has 0 saturated heterocycles. The first-order chi connectivity index (χ1) is 14.4. The number of nitrogens with one attached hydrogen (secondary N) is 1. The number of carbonyl (C=O) groups is 1. The smallest absolute Gasteiger partial charge is 0.332 e. The molecule has 30 heavy (non-hydrogen) atoms. The van der Waals surface area contributed by atoms with E-state index in [0.717, 1.165) is 0 Å². The molecule has 0 aliphatic heterocycles. The highest BCUT2D eigenvalue weighted by molar-refractivity contribution is 7.17. The molecule has 2 heterocycles. The number of hydrogen-bond donors (Lipinski definition) is 1. The van der Waals surface area contributed by atoms with Gasteiger partial charge in [-0.1, -0.05) is 6.92 Å². The normalized spacial score (nSPS) is 10.8. The maximum atomic E-state index is 12.9. The van der Waals surface area contributed by atoms with Crippen LogP contribution in [0.2, 0.25) is 0 Å². The first kappa shape index (κ1) is 21.4. The number of benzene rings is 1. The molecule has 0 saturated carbocycles. The SMILES string of the molecule is CCCn1c(=O)c2sccc2n(CC(=O)Nc2cc(OC)c(OC)c(OC)c2)c1=O. The van der Waals surface area contributed by atoms with Gasteiger partial charge in [0, 0.05) is 24.4 Å². The van der Waals surface area contributed by atoms with Crippen molar-refractivity contribution in [3.05, 3.63) is 44.4 Å². The average molecular weight is 433 g/mol. The molecule has 0 spiro atoms. The van der Waals surface area contributed by atoms with E-state index in [1.807, 2.05) is 6.92 Å². The van der Waals surface area contributed by atoms with Crippen molar-refractivity contribution < 1.29 is 19.0 Å². The summed E-state index contributed by atoms with van der Waals surface area (Å²) in [6.45, 7) is 1.93. The number of rotatable bonds is 8. The molecule has 1 amide bonds. The van der Waals surface area contributed by atoms with Gasteiger partial charge in [-0.15, -0.1) is 11.3 Å². The zero-order valence-electron chi connectivity index (χ0n) is 17.2. The third-order valence-corrected chi connectivity index (χ3v) is 5.43. The van der Waals surface area contributed by atoms with Gasteiger partial charge in [0.1, 0.15) is 11.2 Å². The number of nitrogens with zero attached hydrogens (tertiary/aromatic N) is 2. The van der Waals surface area contributed by atoms with Gasteiger partial charge in [-0.3, -0.25) is 18.7 Å². The standard InChI is InChI=1S/C20H23N3O6S/c1-5-7-22-19(25)18-13(6-8-30-18)23(20(22)26)11-16(24)21-12-9-14(27-2)17(29-4)15(10-12)28-3/h6,8-10H,5,7,11H2,1-4H3,(H,21,24). The number of thiophene rings is 1. The maximum Gasteiger partial charge on any atom is 0.332 e. The third-order valence-electron chi connectivity index (χ3n) is 4.53. The zero-order chi connectivity index (χ0) is 21.8. The Labute approximate surface area is 176 Å². The minimum Gasteiger partial charge on any atom is -0.493 e. The van der Waals surface area contributed by atoms with E-state index >= 15 is 0 Å². The molecule has 9 nitrogen and oxygen atoms in total. The number of methoxy groups -OCH3 is 3. The van der Waals surface area contributed by atoms with Gasteiger partial charge in [0.15, 0.2) is 11.5 Å². The molecule has 3 aromatic rings. The molecular weight excluding hydrogens is 410 g/mol. The monoisotopic (exact) mass is 433 g/mol. The van der Waals surface area contributed by atoms with E-state index in [-0.39, 0.29) is 12.1 Å². The fourth-order valence-corrected chi connectivity index (χ4v) is 4.05. The van der Waals surface area contributed by atoms with Crippen LogP contribution in [-0.4, -0.2) is 36.4 Å². The van der Waals surface area contributed by atoms with Gasteiger partial charge in [0.2, 0.25) is 11.7 Å². The van der Waals surface area contributed by atoms with Crippen LogP contribution in [0.15, 0.2) is 33.2 Å². The van der Waals surface area contributed by atoms with E-state index < -0.39 is 11.6 Å². The predicted molar refractivity (Wildman–Crippen MR) is 115 cm³/mol.